The Morgan fingerprint density at radius 2 is 1.82 bits per heavy atom. The minimum absolute atomic E-state index is 0.0184. The fourth-order valence-corrected chi connectivity index (χ4v) is 7.70. The third-order valence-corrected chi connectivity index (χ3v) is 10.6. The second kappa shape index (κ2) is 14.0. The molecule has 3 fully saturated rings. The van der Waals surface area contributed by atoms with E-state index in [9.17, 15) is 8.42 Å². The average molecular weight is 641 g/mol. The number of anilines is 3. The highest BCUT2D eigenvalue weighted by Crippen LogP contribution is 2.32. The van der Waals surface area contributed by atoms with Gasteiger partial charge in [-0.1, -0.05) is 36.2 Å². The Labute approximate surface area is 265 Å². The van der Waals surface area contributed by atoms with Crippen molar-refractivity contribution >= 4 is 38.8 Å². The van der Waals surface area contributed by atoms with Crippen molar-refractivity contribution in [1.82, 2.24) is 19.6 Å². The van der Waals surface area contributed by atoms with Gasteiger partial charge in [0.2, 0.25) is 10.0 Å². The molecular formula is C32H41ClN6O4S. The van der Waals surface area contributed by atoms with Crippen LogP contribution >= 0.6 is 11.6 Å². The lowest BCUT2D eigenvalue weighted by atomic mass is 9.94. The highest BCUT2D eigenvalue weighted by Gasteiger charge is 2.28. The Kier molecular flexibility index (Phi) is 9.87. The lowest BCUT2D eigenvalue weighted by molar-refractivity contribution is 0.0115. The number of hydrogen-bond donors (Lipinski definition) is 2. The normalized spacial score (nSPS) is 18.6. The van der Waals surface area contributed by atoms with Gasteiger partial charge in [0.15, 0.2) is 5.82 Å². The molecule has 3 aliphatic rings. The van der Waals surface area contributed by atoms with Crippen LogP contribution in [0.1, 0.15) is 50.4 Å². The highest BCUT2D eigenvalue weighted by molar-refractivity contribution is 7.89. The lowest BCUT2D eigenvalue weighted by Crippen LogP contribution is -2.49. The summed E-state index contributed by atoms with van der Waals surface area (Å²) in [6.07, 6.45) is 7.01. The average Bonchev–Trinajstić information content (AvgIpc) is 3.02. The molecule has 10 nitrogen and oxygen atoms in total. The number of nitrogens with zero attached hydrogens (tertiary/aromatic N) is 4. The number of morpholine rings is 1. The van der Waals surface area contributed by atoms with Gasteiger partial charge in [0.1, 0.15) is 21.5 Å². The summed E-state index contributed by atoms with van der Waals surface area (Å²) in [5.41, 5.74) is 2.53. The van der Waals surface area contributed by atoms with Gasteiger partial charge >= 0.3 is 0 Å². The van der Waals surface area contributed by atoms with Gasteiger partial charge in [-0.25, -0.2) is 23.1 Å². The lowest BCUT2D eigenvalue weighted by Gasteiger charge is -2.41. The zero-order valence-electron chi connectivity index (χ0n) is 25.2. The summed E-state index contributed by atoms with van der Waals surface area (Å²) in [6.45, 7) is 8.27. The van der Waals surface area contributed by atoms with Crippen molar-refractivity contribution in [2.24, 2.45) is 0 Å². The van der Waals surface area contributed by atoms with Gasteiger partial charge < -0.3 is 19.7 Å². The molecular weight excluding hydrogens is 600 g/mol. The minimum Gasteiger partial charge on any atom is -0.494 e. The van der Waals surface area contributed by atoms with E-state index in [4.69, 9.17) is 26.1 Å². The summed E-state index contributed by atoms with van der Waals surface area (Å²) < 4.78 is 40.7. The SMILES string of the molecule is CCOc1cc(N2CCC(N3CCOCC3)CC2)ccc1Cc1ncc(Cl)c(Nc2ccccc2S(=O)(=O)NC2CCC2)n1. The number of hydrogen-bond acceptors (Lipinski definition) is 9. The number of ether oxygens (including phenoxy) is 2. The van der Waals surface area contributed by atoms with E-state index < -0.39 is 10.0 Å². The summed E-state index contributed by atoms with van der Waals surface area (Å²) >= 11 is 6.49. The van der Waals surface area contributed by atoms with Crippen LogP contribution in [-0.2, 0) is 21.2 Å². The van der Waals surface area contributed by atoms with E-state index in [0.717, 1.165) is 88.5 Å². The van der Waals surface area contributed by atoms with E-state index in [1.807, 2.05) is 6.92 Å². The van der Waals surface area contributed by atoms with Crippen LogP contribution < -0.4 is 19.7 Å². The summed E-state index contributed by atoms with van der Waals surface area (Å²) in [6, 6.07) is 13.8. The Balaban J connectivity index is 1.16. The molecule has 0 atom stereocenters. The van der Waals surface area contributed by atoms with Crippen molar-refractivity contribution in [1.29, 1.82) is 0 Å². The van der Waals surface area contributed by atoms with E-state index in [-0.39, 0.29) is 10.9 Å². The van der Waals surface area contributed by atoms with Gasteiger partial charge in [-0.3, -0.25) is 4.90 Å². The molecule has 1 aromatic heterocycles. The first-order valence-corrected chi connectivity index (χ1v) is 17.5. The highest BCUT2D eigenvalue weighted by atomic mass is 35.5. The fourth-order valence-electron chi connectivity index (χ4n) is 6.10. The third-order valence-electron chi connectivity index (χ3n) is 8.74. The Hall–Kier alpha value is -2.96. The van der Waals surface area contributed by atoms with Gasteiger partial charge in [-0.2, -0.15) is 0 Å². The molecule has 2 aromatic carbocycles. The van der Waals surface area contributed by atoms with Gasteiger partial charge in [-0.05, 0) is 50.8 Å². The van der Waals surface area contributed by atoms with Crippen LogP contribution in [0.2, 0.25) is 5.02 Å². The monoisotopic (exact) mass is 640 g/mol. The molecule has 0 spiro atoms. The molecule has 3 aromatic rings. The number of aromatic nitrogens is 2. The zero-order chi connectivity index (χ0) is 30.5. The van der Waals surface area contributed by atoms with Crippen LogP contribution in [0, 0.1) is 0 Å². The molecule has 44 heavy (non-hydrogen) atoms. The molecule has 1 saturated carbocycles. The maximum atomic E-state index is 13.1. The molecule has 0 unspecified atom stereocenters. The van der Waals surface area contributed by atoms with Crippen LogP contribution in [0.15, 0.2) is 53.6 Å². The fraction of sp³-hybridized carbons (Fsp3) is 0.500. The van der Waals surface area contributed by atoms with Crippen molar-refractivity contribution in [2.75, 3.05) is 56.2 Å². The van der Waals surface area contributed by atoms with Crippen molar-refractivity contribution in [3.8, 4) is 5.75 Å². The Bertz CT molecular complexity index is 1540. The smallest absolute Gasteiger partial charge is 0.242 e. The number of para-hydroxylation sites is 1. The van der Waals surface area contributed by atoms with E-state index in [0.29, 0.717) is 41.4 Å². The summed E-state index contributed by atoms with van der Waals surface area (Å²) in [7, 11) is -3.70. The summed E-state index contributed by atoms with van der Waals surface area (Å²) in [5, 5.41) is 3.45. The van der Waals surface area contributed by atoms with E-state index >= 15 is 0 Å². The van der Waals surface area contributed by atoms with Crippen LogP contribution in [0.25, 0.3) is 0 Å². The molecule has 3 heterocycles. The Morgan fingerprint density at radius 3 is 2.55 bits per heavy atom. The summed E-state index contributed by atoms with van der Waals surface area (Å²) in [5.74, 6) is 1.71. The molecule has 2 saturated heterocycles. The number of benzene rings is 2. The van der Waals surface area contributed by atoms with Crippen molar-refractivity contribution in [3.05, 3.63) is 65.1 Å². The van der Waals surface area contributed by atoms with Crippen molar-refractivity contribution in [2.45, 2.75) is 62.4 Å². The van der Waals surface area contributed by atoms with Crippen LogP contribution in [0.4, 0.5) is 17.2 Å². The van der Waals surface area contributed by atoms with Gasteiger partial charge in [0.25, 0.3) is 0 Å². The van der Waals surface area contributed by atoms with Crippen LogP contribution in [-0.4, -0.2) is 81.4 Å². The molecule has 0 bridgehead atoms. The number of nitrogens with one attached hydrogen (secondary N) is 2. The first-order valence-electron chi connectivity index (χ1n) is 15.6. The standard InChI is InChI=1S/C32H41ClN6O4S/c1-2-43-29-21-26(38-14-12-25(13-15-38)39-16-18-42-19-17-39)11-10-23(29)20-31-34-22-27(33)32(36-31)35-28-8-3-4-9-30(28)44(40,41)37-24-6-5-7-24/h3-4,8-11,21-22,24-25,37H,2,5-7,12-20H2,1H3,(H,34,35,36). The van der Waals surface area contributed by atoms with E-state index in [2.05, 4.69) is 43.0 Å². The minimum atomic E-state index is -3.70. The number of rotatable bonds is 11. The van der Waals surface area contributed by atoms with Crippen molar-refractivity contribution < 1.29 is 17.9 Å². The predicted molar refractivity (Wildman–Crippen MR) is 173 cm³/mol. The number of halogens is 1. The van der Waals surface area contributed by atoms with Crippen molar-refractivity contribution in [3.63, 3.8) is 0 Å². The Morgan fingerprint density at radius 1 is 1.05 bits per heavy atom. The molecule has 6 rings (SSSR count). The predicted octanol–water partition coefficient (Wildman–Crippen LogP) is 4.99. The zero-order valence-corrected chi connectivity index (χ0v) is 26.7. The molecule has 0 amide bonds. The largest absolute Gasteiger partial charge is 0.494 e. The second-order valence-corrected chi connectivity index (χ2v) is 13.7. The van der Waals surface area contributed by atoms with Crippen LogP contribution in [0.3, 0.4) is 0 Å². The first-order chi connectivity index (χ1) is 21.4. The topological polar surface area (TPSA) is 109 Å². The molecule has 236 valence electrons. The third kappa shape index (κ3) is 7.29. The summed E-state index contributed by atoms with van der Waals surface area (Å²) in [4.78, 5) is 14.3. The van der Waals surface area contributed by atoms with Crippen LogP contribution in [0.5, 0.6) is 5.75 Å². The maximum Gasteiger partial charge on any atom is 0.242 e. The molecule has 1 aliphatic carbocycles. The number of sulfonamides is 1. The van der Waals surface area contributed by atoms with Gasteiger partial charge in [-0.15, -0.1) is 0 Å². The first kappa shape index (κ1) is 31.0. The van der Waals surface area contributed by atoms with E-state index in [1.165, 1.54) is 0 Å². The van der Waals surface area contributed by atoms with E-state index in [1.54, 1.807) is 30.5 Å². The second-order valence-electron chi connectivity index (χ2n) is 11.6. The van der Waals surface area contributed by atoms with Gasteiger partial charge in [0, 0.05) is 62.0 Å². The quantitative estimate of drug-likeness (QED) is 0.299. The molecule has 0 radical (unpaired) electrons. The molecule has 2 aliphatic heterocycles. The maximum absolute atomic E-state index is 13.1. The molecule has 2 N–H and O–H groups in total. The number of piperidine rings is 1. The van der Waals surface area contributed by atoms with Gasteiger partial charge in [0.05, 0.1) is 31.7 Å². The molecule has 12 heteroatoms.